The van der Waals surface area contributed by atoms with Crippen LogP contribution in [0.15, 0.2) is 30.3 Å². The van der Waals surface area contributed by atoms with Crippen LogP contribution in [0.4, 0.5) is 0 Å². The predicted octanol–water partition coefficient (Wildman–Crippen LogP) is 0.883. The molecule has 0 aromatic heterocycles. The predicted molar refractivity (Wildman–Crippen MR) is 62.5 cm³/mol. The zero-order chi connectivity index (χ0) is 10.4. The van der Waals surface area contributed by atoms with E-state index in [1.54, 1.807) is 0 Å². The monoisotopic (exact) mass is 223 g/mol. The highest BCUT2D eigenvalue weighted by Gasteiger charge is 2.10. The van der Waals surface area contributed by atoms with Crippen LogP contribution in [0.5, 0.6) is 0 Å². The summed E-state index contributed by atoms with van der Waals surface area (Å²) in [4.78, 5) is 10.6. The number of aliphatic hydroxyl groups excluding tert-OH is 1. The quantitative estimate of drug-likeness (QED) is 0.468. The first-order valence-corrected chi connectivity index (χ1v) is 5.99. The molecule has 15 heavy (non-hydrogen) atoms. The fraction of sp³-hybridized carbons (Fsp3) is 0.300. The van der Waals surface area contributed by atoms with Gasteiger partial charge in [0.1, 0.15) is 6.35 Å². The molecule has 1 N–H and O–H groups in total. The van der Waals surface area contributed by atoms with Gasteiger partial charge in [-0.1, -0.05) is 30.3 Å². The Morgan fingerprint density at radius 1 is 1.40 bits per heavy atom. The van der Waals surface area contributed by atoms with Gasteiger partial charge in [-0.2, -0.15) is 0 Å². The molecule has 0 unspecified atom stereocenters. The topological polar surface area (TPSA) is 46.5 Å². The standard InChI is InChI=1S/C10H13O3P.B/c1-9(12)13-8-14(7-11)10-5-3-2-4-6-10;/h2-6,11H,7-8H2,1H3;/t14-;/m0./s1. The van der Waals surface area contributed by atoms with E-state index in [-0.39, 0.29) is 20.7 Å². The minimum absolute atomic E-state index is 0. The number of ether oxygens (including phenoxy) is 1. The summed E-state index contributed by atoms with van der Waals surface area (Å²) in [5.41, 5.74) is 0. The van der Waals surface area contributed by atoms with Crippen molar-refractivity contribution < 1.29 is 14.6 Å². The van der Waals surface area contributed by atoms with Gasteiger partial charge in [0.2, 0.25) is 0 Å². The van der Waals surface area contributed by atoms with Crippen LogP contribution in [-0.2, 0) is 9.53 Å². The number of aliphatic hydroxyl groups is 1. The molecule has 79 valence electrons. The zero-order valence-electron chi connectivity index (χ0n) is 8.59. The molecule has 0 fully saturated rings. The summed E-state index contributed by atoms with van der Waals surface area (Å²) in [6.07, 6.45) is 0.345. The van der Waals surface area contributed by atoms with Gasteiger partial charge in [0.15, 0.2) is 0 Å². The Bertz CT molecular complexity index is 292. The van der Waals surface area contributed by atoms with Gasteiger partial charge in [-0.25, -0.2) is 0 Å². The molecule has 1 rings (SSSR count). The van der Waals surface area contributed by atoms with Crippen molar-refractivity contribution in [2.45, 2.75) is 6.92 Å². The first-order valence-electron chi connectivity index (χ1n) is 4.28. The number of hydrogen-bond donors (Lipinski definition) is 1. The molecule has 0 spiro atoms. The number of carbonyl (C=O) groups excluding carboxylic acids is 1. The Balaban J connectivity index is 0.00000196. The van der Waals surface area contributed by atoms with Gasteiger partial charge >= 0.3 is 5.97 Å². The Morgan fingerprint density at radius 3 is 2.47 bits per heavy atom. The van der Waals surface area contributed by atoms with Crippen LogP contribution in [0.2, 0.25) is 0 Å². The number of carbonyl (C=O) groups is 1. The van der Waals surface area contributed by atoms with Crippen molar-refractivity contribution in [3.8, 4) is 0 Å². The van der Waals surface area contributed by atoms with Crippen molar-refractivity contribution in [3.63, 3.8) is 0 Å². The van der Waals surface area contributed by atoms with E-state index in [2.05, 4.69) is 0 Å². The second kappa shape index (κ2) is 7.44. The van der Waals surface area contributed by atoms with Gasteiger partial charge in [0.05, 0.1) is 6.35 Å². The van der Waals surface area contributed by atoms with Gasteiger partial charge < -0.3 is 9.84 Å². The molecular weight excluding hydrogens is 210 g/mol. The summed E-state index contributed by atoms with van der Waals surface area (Å²) in [5, 5.41) is 10.2. The van der Waals surface area contributed by atoms with E-state index in [4.69, 9.17) is 9.84 Å². The van der Waals surface area contributed by atoms with Crippen LogP contribution in [0.3, 0.4) is 0 Å². The molecule has 0 aliphatic heterocycles. The molecule has 1 aromatic rings. The summed E-state index contributed by atoms with van der Waals surface area (Å²) in [7, 11) is -0.774. The van der Waals surface area contributed by atoms with Crippen molar-refractivity contribution in [2.24, 2.45) is 0 Å². The lowest BCUT2D eigenvalue weighted by molar-refractivity contribution is -0.138. The summed E-state index contributed by atoms with van der Waals surface area (Å²) in [6.45, 7) is 1.37. The number of hydrogen-bond acceptors (Lipinski definition) is 3. The lowest BCUT2D eigenvalue weighted by atomic mass is 10.4. The second-order valence-electron chi connectivity index (χ2n) is 2.78. The average molecular weight is 223 g/mol. The normalized spacial score (nSPS) is 11.3. The SMILES string of the molecule is CC(=O)OC[P@](CO)c1ccccc1.[B]. The Kier molecular flexibility index (Phi) is 7.01. The molecule has 0 saturated heterocycles. The molecule has 0 aliphatic rings. The van der Waals surface area contributed by atoms with Crippen LogP contribution in [0, 0.1) is 0 Å². The maximum absolute atomic E-state index is 10.6. The lowest BCUT2D eigenvalue weighted by Gasteiger charge is -2.14. The minimum Gasteiger partial charge on any atom is -0.461 e. The second-order valence-corrected chi connectivity index (χ2v) is 4.92. The molecule has 0 amide bonds. The molecular formula is C10H13BO3P. The van der Waals surface area contributed by atoms with Crippen molar-refractivity contribution in [2.75, 3.05) is 12.7 Å². The van der Waals surface area contributed by atoms with Crippen LogP contribution < -0.4 is 5.30 Å². The van der Waals surface area contributed by atoms with Crippen molar-refractivity contribution >= 4 is 27.6 Å². The molecule has 0 bridgehead atoms. The number of esters is 1. The third-order valence-electron chi connectivity index (χ3n) is 1.72. The smallest absolute Gasteiger partial charge is 0.302 e. The highest BCUT2D eigenvalue weighted by Crippen LogP contribution is 2.32. The minimum atomic E-state index is -0.774. The van der Waals surface area contributed by atoms with E-state index in [1.807, 2.05) is 30.3 Å². The van der Waals surface area contributed by atoms with Gasteiger partial charge in [0, 0.05) is 15.3 Å². The number of benzene rings is 1. The molecule has 3 radical (unpaired) electrons. The summed E-state index contributed by atoms with van der Waals surface area (Å²) in [6, 6.07) is 9.61. The summed E-state index contributed by atoms with van der Waals surface area (Å²) >= 11 is 0. The maximum Gasteiger partial charge on any atom is 0.302 e. The van der Waals surface area contributed by atoms with Gasteiger partial charge in [0.25, 0.3) is 0 Å². The summed E-state index contributed by atoms with van der Waals surface area (Å²) in [5.74, 6) is -0.304. The van der Waals surface area contributed by atoms with Gasteiger partial charge in [-0.15, -0.1) is 0 Å². The largest absolute Gasteiger partial charge is 0.461 e. The molecule has 3 nitrogen and oxygen atoms in total. The molecule has 5 heteroatoms. The zero-order valence-corrected chi connectivity index (χ0v) is 9.48. The van der Waals surface area contributed by atoms with Crippen LogP contribution in [0.25, 0.3) is 0 Å². The highest BCUT2D eigenvalue weighted by molar-refractivity contribution is 7.65. The van der Waals surface area contributed by atoms with E-state index in [1.165, 1.54) is 6.92 Å². The van der Waals surface area contributed by atoms with E-state index in [0.29, 0.717) is 6.35 Å². The van der Waals surface area contributed by atoms with Crippen molar-refractivity contribution in [1.82, 2.24) is 0 Å². The molecule has 1 aromatic carbocycles. The third kappa shape index (κ3) is 4.96. The summed E-state index contributed by atoms with van der Waals surface area (Å²) < 4.78 is 4.88. The van der Waals surface area contributed by atoms with Crippen LogP contribution in [-0.4, -0.2) is 32.2 Å². The van der Waals surface area contributed by atoms with E-state index < -0.39 is 7.92 Å². The fourth-order valence-corrected chi connectivity index (χ4v) is 2.33. The Hall–Kier alpha value is -0.855. The Labute approximate surface area is 92.8 Å². The Morgan fingerprint density at radius 2 is 2.00 bits per heavy atom. The first-order chi connectivity index (χ1) is 6.74. The van der Waals surface area contributed by atoms with E-state index in [0.717, 1.165) is 5.30 Å². The first kappa shape index (κ1) is 14.1. The highest BCUT2D eigenvalue weighted by atomic mass is 31.1. The van der Waals surface area contributed by atoms with Gasteiger partial charge in [-0.3, -0.25) is 4.79 Å². The van der Waals surface area contributed by atoms with Crippen molar-refractivity contribution in [1.29, 1.82) is 0 Å². The van der Waals surface area contributed by atoms with Crippen LogP contribution in [0.1, 0.15) is 6.92 Å². The van der Waals surface area contributed by atoms with E-state index >= 15 is 0 Å². The maximum atomic E-state index is 10.6. The molecule has 0 heterocycles. The third-order valence-corrected chi connectivity index (χ3v) is 3.53. The fourth-order valence-electron chi connectivity index (χ4n) is 1.00. The van der Waals surface area contributed by atoms with E-state index in [9.17, 15) is 4.79 Å². The van der Waals surface area contributed by atoms with Gasteiger partial charge in [-0.05, 0) is 13.2 Å². The average Bonchev–Trinajstić information content (AvgIpc) is 2.20. The number of rotatable bonds is 4. The molecule has 1 atom stereocenters. The molecule has 0 aliphatic carbocycles. The lowest BCUT2D eigenvalue weighted by Crippen LogP contribution is -2.09. The van der Waals surface area contributed by atoms with Crippen LogP contribution >= 0.6 is 7.92 Å². The van der Waals surface area contributed by atoms with Crippen molar-refractivity contribution in [3.05, 3.63) is 30.3 Å². The molecule has 0 saturated carbocycles.